The minimum Gasteiger partial charge on any atom is -0.443 e. The quantitative estimate of drug-likeness (QED) is 0.101. The van der Waals surface area contributed by atoms with Gasteiger partial charge in [-0.3, -0.25) is 15.4 Å². The molecule has 0 aliphatic carbocycles. The van der Waals surface area contributed by atoms with Gasteiger partial charge in [0, 0.05) is 37.3 Å². The molecule has 0 bridgehead atoms. The molecule has 3 aromatic carbocycles. The highest BCUT2D eigenvalue weighted by Gasteiger charge is 2.33. The molecule has 1 amide bonds. The zero-order valence-electron chi connectivity index (χ0n) is 26.4. The summed E-state index contributed by atoms with van der Waals surface area (Å²) in [5.41, 5.74) is 3.64. The number of nitrogens with zero attached hydrogens (tertiary/aromatic N) is 3. The molecule has 1 fully saturated rings. The largest absolute Gasteiger partial charge is 0.443 e. The number of amides is 1. The number of rotatable bonds is 16. The van der Waals surface area contributed by atoms with Gasteiger partial charge in [-0.05, 0) is 76.4 Å². The Morgan fingerprint density at radius 1 is 0.886 bits per heavy atom. The molecule has 0 unspecified atom stereocenters. The van der Waals surface area contributed by atoms with E-state index in [1.807, 2.05) is 66.7 Å². The number of nitro groups is 1. The second-order valence-corrected chi connectivity index (χ2v) is 12.3. The Morgan fingerprint density at radius 3 is 2.23 bits per heavy atom. The third kappa shape index (κ3) is 10.8. The number of likely N-dealkylation sites (tertiary alicyclic amines) is 1. The average Bonchev–Trinajstić information content (AvgIpc) is 3.03. The lowest BCUT2D eigenvalue weighted by Gasteiger charge is -2.38. The standard InChI is InChI=1S/C36H48N4O4/c1-36(44-35(41)37-34-17-11-10-16-33(34)31-14-8-7-9-15-31)23-28-39(29-24-36)26-13-6-4-3-5-12-25-38(2)27-22-30-18-20-32(21-19-30)40(42)43/h7-11,14-21H,3-6,12-13,22-29H2,1-2H3,(H,37,41). The molecule has 8 nitrogen and oxygen atoms in total. The first-order valence-corrected chi connectivity index (χ1v) is 16.1. The number of para-hydroxylation sites is 1. The summed E-state index contributed by atoms with van der Waals surface area (Å²) in [6, 6.07) is 24.8. The third-order valence-corrected chi connectivity index (χ3v) is 8.69. The highest BCUT2D eigenvalue weighted by Crippen LogP contribution is 2.30. The van der Waals surface area contributed by atoms with Crippen LogP contribution in [0.15, 0.2) is 78.9 Å². The highest BCUT2D eigenvalue weighted by molar-refractivity contribution is 5.91. The minimum atomic E-state index is -0.447. The van der Waals surface area contributed by atoms with Gasteiger partial charge in [0.2, 0.25) is 0 Å². The topological polar surface area (TPSA) is 88.0 Å². The van der Waals surface area contributed by atoms with E-state index in [-0.39, 0.29) is 16.7 Å². The zero-order valence-corrected chi connectivity index (χ0v) is 26.4. The van der Waals surface area contributed by atoms with E-state index in [0.29, 0.717) is 0 Å². The molecule has 1 N–H and O–H groups in total. The van der Waals surface area contributed by atoms with Crippen LogP contribution < -0.4 is 5.32 Å². The molecular weight excluding hydrogens is 552 g/mol. The molecule has 1 saturated heterocycles. The van der Waals surface area contributed by atoms with Crippen molar-refractivity contribution in [1.29, 1.82) is 0 Å². The zero-order chi connectivity index (χ0) is 31.2. The fourth-order valence-corrected chi connectivity index (χ4v) is 5.81. The first-order chi connectivity index (χ1) is 21.3. The molecule has 0 aromatic heterocycles. The van der Waals surface area contributed by atoms with Gasteiger partial charge >= 0.3 is 6.09 Å². The molecule has 0 saturated carbocycles. The molecule has 8 heteroatoms. The fourth-order valence-electron chi connectivity index (χ4n) is 5.81. The van der Waals surface area contributed by atoms with E-state index in [1.54, 1.807) is 12.1 Å². The van der Waals surface area contributed by atoms with Crippen LogP contribution in [0.4, 0.5) is 16.2 Å². The van der Waals surface area contributed by atoms with Crippen LogP contribution in [0, 0.1) is 10.1 Å². The smallest absolute Gasteiger partial charge is 0.412 e. The van der Waals surface area contributed by atoms with E-state index in [1.165, 1.54) is 38.5 Å². The van der Waals surface area contributed by atoms with Crippen LogP contribution in [-0.4, -0.2) is 66.2 Å². The molecule has 44 heavy (non-hydrogen) atoms. The molecule has 0 radical (unpaired) electrons. The molecule has 1 heterocycles. The summed E-state index contributed by atoms with van der Waals surface area (Å²) in [6.45, 7) is 7.12. The molecule has 4 rings (SSSR count). The fraction of sp³-hybridized carbons (Fsp3) is 0.472. The maximum Gasteiger partial charge on any atom is 0.412 e. The van der Waals surface area contributed by atoms with Crippen molar-refractivity contribution in [1.82, 2.24) is 9.80 Å². The number of carbonyl (C=O) groups is 1. The van der Waals surface area contributed by atoms with E-state index < -0.39 is 5.60 Å². The van der Waals surface area contributed by atoms with Gasteiger partial charge < -0.3 is 14.5 Å². The normalized spacial score (nSPS) is 14.8. The Hall–Kier alpha value is -3.75. The highest BCUT2D eigenvalue weighted by atomic mass is 16.6. The third-order valence-electron chi connectivity index (χ3n) is 8.69. The molecule has 3 aromatic rings. The number of anilines is 1. The summed E-state index contributed by atoms with van der Waals surface area (Å²) in [7, 11) is 2.15. The van der Waals surface area contributed by atoms with Crippen molar-refractivity contribution in [3.63, 3.8) is 0 Å². The minimum absolute atomic E-state index is 0.148. The van der Waals surface area contributed by atoms with E-state index >= 15 is 0 Å². The lowest BCUT2D eigenvalue weighted by atomic mass is 9.93. The number of nitrogens with one attached hydrogen (secondary N) is 1. The number of hydrogen-bond donors (Lipinski definition) is 1. The van der Waals surface area contributed by atoms with E-state index in [0.717, 1.165) is 74.4 Å². The number of likely N-dealkylation sites (N-methyl/N-ethyl adjacent to an activating group) is 1. The number of piperidine rings is 1. The first-order valence-electron chi connectivity index (χ1n) is 16.1. The van der Waals surface area contributed by atoms with Crippen molar-refractivity contribution in [2.24, 2.45) is 0 Å². The summed E-state index contributed by atoms with van der Waals surface area (Å²) in [5, 5.41) is 13.8. The van der Waals surface area contributed by atoms with Gasteiger partial charge in [-0.2, -0.15) is 0 Å². The predicted molar refractivity (Wildman–Crippen MR) is 178 cm³/mol. The van der Waals surface area contributed by atoms with Gasteiger partial charge in [-0.25, -0.2) is 4.79 Å². The number of carbonyl (C=O) groups excluding carboxylic acids is 1. The number of unbranched alkanes of at least 4 members (excludes halogenated alkanes) is 5. The number of benzene rings is 3. The summed E-state index contributed by atoms with van der Waals surface area (Å²) in [6.07, 6.45) is 9.67. The number of hydrogen-bond acceptors (Lipinski definition) is 6. The van der Waals surface area contributed by atoms with Crippen molar-refractivity contribution in [2.45, 2.75) is 70.3 Å². The van der Waals surface area contributed by atoms with Crippen LogP contribution in [-0.2, 0) is 11.2 Å². The SMILES string of the molecule is CN(CCCCCCCCN1CCC(C)(OC(=O)Nc2ccccc2-c2ccccc2)CC1)CCc1ccc([N+](=O)[O-])cc1. The first kappa shape index (κ1) is 33.1. The van der Waals surface area contributed by atoms with Gasteiger partial charge in [0.1, 0.15) is 5.60 Å². The summed E-state index contributed by atoms with van der Waals surface area (Å²) < 4.78 is 5.97. The Bertz CT molecular complexity index is 1310. The second-order valence-electron chi connectivity index (χ2n) is 12.3. The van der Waals surface area contributed by atoms with Crippen LogP contribution in [0.25, 0.3) is 11.1 Å². The summed E-state index contributed by atoms with van der Waals surface area (Å²) in [4.78, 5) is 28.2. The van der Waals surface area contributed by atoms with Crippen molar-refractivity contribution < 1.29 is 14.5 Å². The summed E-state index contributed by atoms with van der Waals surface area (Å²) >= 11 is 0. The van der Waals surface area contributed by atoms with Crippen molar-refractivity contribution in [2.75, 3.05) is 45.1 Å². The Labute approximate surface area is 262 Å². The van der Waals surface area contributed by atoms with Crippen LogP contribution in [0.5, 0.6) is 0 Å². The van der Waals surface area contributed by atoms with Gasteiger partial charge in [0.25, 0.3) is 5.69 Å². The second kappa shape index (κ2) is 16.9. The number of non-ortho nitro benzene ring substituents is 1. The molecule has 1 aliphatic rings. The van der Waals surface area contributed by atoms with E-state index in [2.05, 4.69) is 29.1 Å². The van der Waals surface area contributed by atoms with Gasteiger partial charge in [0.15, 0.2) is 0 Å². The van der Waals surface area contributed by atoms with Crippen molar-refractivity contribution in [3.8, 4) is 11.1 Å². The summed E-state index contributed by atoms with van der Waals surface area (Å²) in [5.74, 6) is 0. The van der Waals surface area contributed by atoms with Crippen LogP contribution in [0.2, 0.25) is 0 Å². The molecular formula is C36H48N4O4. The predicted octanol–water partition coefficient (Wildman–Crippen LogP) is 8.18. The van der Waals surface area contributed by atoms with Crippen molar-refractivity contribution >= 4 is 17.5 Å². The van der Waals surface area contributed by atoms with Crippen LogP contribution >= 0.6 is 0 Å². The van der Waals surface area contributed by atoms with Gasteiger partial charge in [-0.15, -0.1) is 0 Å². The van der Waals surface area contributed by atoms with Gasteiger partial charge in [0.05, 0.1) is 10.6 Å². The van der Waals surface area contributed by atoms with Gasteiger partial charge in [-0.1, -0.05) is 86.3 Å². The lowest BCUT2D eigenvalue weighted by molar-refractivity contribution is -0.384. The Balaban J connectivity index is 1.03. The van der Waals surface area contributed by atoms with Crippen LogP contribution in [0.1, 0.15) is 63.9 Å². The number of ether oxygens (including phenoxy) is 1. The average molecular weight is 601 g/mol. The molecule has 1 aliphatic heterocycles. The maximum absolute atomic E-state index is 12.9. The maximum atomic E-state index is 12.9. The number of nitro benzene ring substituents is 1. The lowest BCUT2D eigenvalue weighted by Crippen LogP contribution is -2.46. The monoisotopic (exact) mass is 600 g/mol. The molecule has 0 spiro atoms. The van der Waals surface area contributed by atoms with E-state index in [4.69, 9.17) is 4.74 Å². The van der Waals surface area contributed by atoms with Crippen molar-refractivity contribution in [3.05, 3.63) is 94.5 Å². The van der Waals surface area contributed by atoms with Crippen LogP contribution in [0.3, 0.4) is 0 Å². The molecule has 236 valence electrons. The Kier molecular flexibility index (Phi) is 12.8. The van der Waals surface area contributed by atoms with E-state index in [9.17, 15) is 14.9 Å². The molecule has 0 atom stereocenters. The Morgan fingerprint density at radius 2 is 1.52 bits per heavy atom.